The van der Waals surface area contributed by atoms with Gasteiger partial charge in [-0.2, -0.15) is 14.7 Å². The van der Waals surface area contributed by atoms with Gasteiger partial charge in [0, 0.05) is 49.3 Å². The van der Waals surface area contributed by atoms with Crippen molar-refractivity contribution in [3.8, 4) is 5.75 Å². The smallest absolute Gasteiger partial charge is 0.260 e. The van der Waals surface area contributed by atoms with E-state index in [0.29, 0.717) is 28.7 Å². The number of fused-ring (bicyclic) bond motifs is 2. The molecule has 1 aliphatic carbocycles. The van der Waals surface area contributed by atoms with Gasteiger partial charge in [-0.3, -0.25) is 14.3 Å². The van der Waals surface area contributed by atoms with Gasteiger partial charge < -0.3 is 15.0 Å². The fraction of sp³-hybridized carbons (Fsp3) is 0.423. The number of anilines is 1. The van der Waals surface area contributed by atoms with Crippen LogP contribution in [0.3, 0.4) is 0 Å². The molecule has 10 nitrogen and oxygen atoms in total. The first-order valence-corrected chi connectivity index (χ1v) is 12.3. The van der Waals surface area contributed by atoms with Crippen LogP contribution < -0.4 is 10.1 Å². The molecule has 0 bridgehead atoms. The third kappa shape index (κ3) is 3.68. The van der Waals surface area contributed by atoms with E-state index < -0.39 is 0 Å². The molecule has 2 fully saturated rings. The van der Waals surface area contributed by atoms with E-state index in [9.17, 15) is 9.59 Å². The van der Waals surface area contributed by atoms with E-state index in [2.05, 4.69) is 27.0 Å². The molecule has 1 aromatic carbocycles. The van der Waals surface area contributed by atoms with E-state index >= 15 is 0 Å². The van der Waals surface area contributed by atoms with Crippen LogP contribution in [0.15, 0.2) is 42.9 Å². The van der Waals surface area contributed by atoms with Crippen molar-refractivity contribution in [3.05, 3.63) is 48.4 Å². The zero-order valence-electron chi connectivity index (χ0n) is 20.6. The molecule has 4 aromatic rings. The fourth-order valence-electron chi connectivity index (χ4n) is 6.01. The van der Waals surface area contributed by atoms with Crippen LogP contribution in [0.4, 0.5) is 5.82 Å². The van der Waals surface area contributed by atoms with E-state index in [1.54, 1.807) is 37.0 Å². The molecule has 1 spiro atoms. The van der Waals surface area contributed by atoms with Crippen molar-refractivity contribution in [2.24, 2.45) is 11.3 Å². The maximum atomic E-state index is 13.2. The summed E-state index contributed by atoms with van der Waals surface area (Å²) in [6.45, 7) is 5.67. The van der Waals surface area contributed by atoms with Crippen LogP contribution >= 0.6 is 0 Å². The second-order valence-corrected chi connectivity index (χ2v) is 10.3. The fourth-order valence-corrected chi connectivity index (χ4v) is 6.01. The number of ether oxygens (including phenoxy) is 1. The molecule has 2 aliphatic rings. The van der Waals surface area contributed by atoms with Gasteiger partial charge in [-0.15, -0.1) is 0 Å². The highest BCUT2D eigenvalue weighted by Crippen LogP contribution is 2.49. The van der Waals surface area contributed by atoms with Gasteiger partial charge in [0.25, 0.3) is 5.91 Å². The average Bonchev–Trinajstić information content (AvgIpc) is 3.45. The minimum atomic E-state index is -0.304. The number of rotatable bonds is 4. The number of hydrogen-bond acceptors (Lipinski definition) is 6. The molecule has 2 amide bonds. The Bertz CT molecular complexity index is 1480. The number of nitrogens with one attached hydrogen (secondary N) is 1. The third-order valence-electron chi connectivity index (χ3n) is 7.83. The molecule has 0 unspecified atom stereocenters. The lowest BCUT2D eigenvalue weighted by Crippen LogP contribution is -2.60. The molecule has 1 aliphatic heterocycles. The molecule has 1 saturated carbocycles. The number of benzene rings is 1. The van der Waals surface area contributed by atoms with Crippen molar-refractivity contribution in [2.45, 2.75) is 39.2 Å². The van der Waals surface area contributed by atoms with Gasteiger partial charge in [0.15, 0.2) is 11.5 Å². The number of imidazole rings is 1. The van der Waals surface area contributed by atoms with Crippen molar-refractivity contribution < 1.29 is 14.3 Å². The van der Waals surface area contributed by atoms with E-state index in [4.69, 9.17) is 9.84 Å². The average molecular weight is 488 g/mol. The maximum Gasteiger partial charge on any atom is 0.260 e. The lowest BCUT2D eigenvalue weighted by Gasteiger charge is -2.55. The topological polar surface area (TPSA) is 107 Å². The minimum Gasteiger partial charge on any atom is -0.496 e. The Morgan fingerprint density at radius 3 is 2.83 bits per heavy atom. The van der Waals surface area contributed by atoms with Crippen LogP contribution in [0, 0.1) is 11.3 Å². The van der Waals surface area contributed by atoms with Gasteiger partial charge in [0.1, 0.15) is 5.75 Å². The highest BCUT2D eigenvalue weighted by Gasteiger charge is 2.48. The molecular weight excluding hydrogens is 458 g/mol. The number of hydrogen-bond donors (Lipinski definition) is 1. The summed E-state index contributed by atoms with van der Waals surface area (Å²) in [5.74, 6) is 1.25. The minimum absolute atomic E-state index is 0.167. The van der Waals surface area contributed by atoms with Crippen LogP contribution in [-0.4, -0.2) is 61.3 Å². The number of methoxy groups -OCH3 is 1. The van der Waals surface area contributed by atoms with Gasteiger partial charge in [-0.05, 0) is 43.4 Å². The van der Waals surface area contributed by atoms with Crippen molar-refractivity contribution in [1.82, 2.24) is 29.3 Å². The highest BCUT2D eigenvalue weighted by atomic mass is 16.5. The van der Waals surface area contributed by atoms with Gasteiger partial charge in [0.2, 0.25) is 5.91 Å². The zero-order chi connectivity index (χ0) is 25.0. The van der Waals surface area contributed by atoms with E-state index in [1.807, 2.05) is 29.3 Å². The van der Waals surface area contributed by atoms with Crippen molar-refractivity contribution in [3.63, 3.8) is 0 Å². The summed E-state index contributed by atoms with van der Waals surface area (Å²) in [5, 5.41) is 12.9. The van der Waals surface area contributed by atoms with Crippen molar-refractivity contribution in [2.75, 3.05) is 25.5 Å². The Balaban J connectivity index is 1.24. The molecule has 1 saturated heterocycles. The third-order valence-corrected chi connectivity index (χ3v) is 7.83. The van der Waals surface area contributed by atoms with Crippen LogP contribution in [0.1, 0.15) is 49.5 Å². The summed E-state index contributed by atoms with van der Waals surface area (Å²) in [7, 11) is 1.55. The Kier molecular flexibility index (Phi) is 5.20. The number of aromatic nitrogens is 5. The van der Waals surface area contributed by atoms with Crippen LogP contribution in [0.5, 0.6) is 5.75 Å². The maximum absolute atomic E-state index is 13.2. The number of amides is 2. The SMILES string of the molecule is COc1cc2nn([C@H]3CCC4(C[C@@H]3C)CN(C(C)=O)C4)cc2cc1C(=O)Nc1cnc2cccnn12. The molecule has 4 heterocycles. The highest BCUT2D eigenvalue weighted by molar-refractivity contribution is 6.08. The van der Waals surface area contributed by atoms with Crippen molar-refractivity contribution in [1.29, 1.82) is 0 Å². The molecule has 36 heavy (non-hydrogen) atoms. The molecule has 10 heteroatoms. The van der Waals surface area contributed by atoms with Gasteiger partial charge in [-0.1, -0.05) is 6.92 Å². The van der Waals surface area contributed by atoms with Crippen LogP contribution in [-0.2, 0) is 4.79 Å². The zero-order valence-corrected chi connectivity index (χ0v) is 20.6. The van der Waals surface area contributed by atoms with Crippen LogP contribution in [0.2, 0.25) is 0 Å². The molecule has 186 valence electrons. The molecule has 3 aromatic heterocycles. The molecule has 0 radical (unpaired) electrons. The van der Waals surface area contributed by atoms with Gasteiger partial charge in [-0.25, -0.2) is 4.98 Å². The summed E-state index contributed by atoms with van der Waals surface area (Å²) >= 11 is 0. The first kappa shape index (κ1) is 22.5. The van der Waals surface area contributed by atoms with E-state index in [0.717, 1.165) is 43.3 Å². The first-order chi connectivity index (χ1) is 17.4. The summed E-state index contributed by atoms with van der Waals surface area (Å²) in [4.78, 5) is 31.1. The van der Waals surface area contributed by atoms with Gasteiger partial charge >= 0.3 is 0 Å². The Morgan fingerprint density at radius 1 is 1.25 bits per heavy atom. The van der Waals surface area contributed by atoms with Gasteiger partial charge in [0.05, 0.1) is 30.4 Å². The Hall–Kier alpha value is -3.95. The predicted octanol–water partition coefficient (Wildman–Crippen LogP) is 3.55. The summed E-state index contributed by atoms with van der Waals surface area (Å²) in [5.41, 5.74) is 2.12. The largest absolute Gasteiger partial charge is 0.496 e. The number of carbonyl (C=O) groups excluding carboxylic acids is 2. The number of carbonyl (C=O) groups is 2. The predicted molar refractivity (Wildman–Crippen MR) is 134 cm³/mol. The first-order valence-electron chi connectivity index (χ1n) is 12.3. The Morgan fingerprint density at radius 2 is 2.08 bits per heavy atom. The number of nitrogens with zero attached hydrogens (tertiary/aromatic N) is 6. The van der Waals surface area contributed by atoms with Crippen LogP contribution in [0.25, 0.3) is 16.6 Å². The monoisotopic (exact) mass is 487 g/mol. The second-order valence-electron chi connectivity index (χ2n) is 10.3. The molecule has 6 rings (SSSR count). The normalized spacial score (nSPS) is 21.0. The quantitative estimate of drug-likeness (QED) is 0.472. The Labute approximate surface area is 208 Å². The van der Waals surface area contributed by atoms with E-state index in [1.165, 1.54) is 0 Å². The lowest BCUT2D eigenvalue weighted by molar-refractivity contribution is -0.145. The number of likely N-dealkylation sites (tertiary alicyclic amines) is 1. The summed E-state index contributed by atoms with van der Waals surface area (Å²) in [6.07, 6.45) is 8.45. The van der Waals surface area contributed by atoms with E-state index in [-0.39, 0.29) is 23.3 Å². The summed E-state index contributed by atoms with van der Waals surface area (Å²) in [6, 6.07) is 7.54. The van der Waals surface area contributed by atoms with Crippen molar-refractivity contribution >= 4 is 34.2 Å². The standard InChI is InChI=1S/C26H29N7O3/c1-16-11-26(14-31(15-26)17(2)34)7-6-21(16)32-13-18-9-19(22(36-3)10-20(18)30-32)25(35)29-24-12-27-23-5-4-8-28-33(23)24/h4-5,8-10,12-13,16,21H,6-7,11,14-15H2,1-3H3,(H,29,35)/t16-,21-/m0/s1. The molecule has 1 N–H and O–H groups in total. The lowest BCUT2D eigenvalue weighted by atomic mass is 9.64. The molecule has 2 atom stereocenters. The summed E-state index contributed by atoms with van der Waals surface area (Å²) < 4.78 is 9.19. The second kappa shape index (κ2) is 8.32. The molecular formula is C26H29N7O3.